The van der Waals surface area contributed by atoms with Crippen LogP contribution in [0, 0.1) is 0 Å². The van der Waals surface area contributed by atoms with Gasteiger partial charge in [-0.2, -0.15) is 0 Å². The molecular formula is C32H27Cl2N5O3. The van der Waals surface area contributed by atoms with Crippen LogP contribution in [0.1, 0.15) is 51.4 Å². The molecule has 1 atom stereocenters. The summed E-state index contributed by atoms with van der Waals surface area (Å²) in [6.07, 6.45) is 4.21. The highest BCUT2D eigenvalue weighted by molar-refractivity contribution is 6.34. The van der Waals surface area contributed by atoms with Gasteiger partial charge in [0, 0.05) is 41.6 Å². The quantitative estimate of drug-likeness (QED) is 0.305. The fraction of sp³-hybridized carbons (Fsp3) is 0.219. The monoisotopic (exact) mass is 599 g/mol. The van der Waals surface area contributed by atoms with Crippen LogP contribution in [0.5, 0.6) is 0 Å². The highest BCUT2D eigenvalue weighted by Crippen LogP contribution is 2.39. The molecule has 0 radical (unpaired) electrons. The second kappa shape index (κ2) is 10.9. The van der Waals surface area contributed by atoms with Crippen LogP contribution in [0.15, 0.2) is 79.1 Å². The van der Waals surface area contributed by atoms with E-state index in [1.807, 2.05) is 38.1 Å². The summed E-state index contributed by atoms with van der Waals surface area (Å²) >= 11 is 12.9. The van der Waals surface area contributed by atoms with Gasteiger partial charge in [-0.1, -0.05) is 41.4 Å². The Kier molecular flexibility index (Phi) is 7.20. The number of aromatic nitrogens is 2. The number of hydrogen-bond acceptors (Lipinski definition) is 5. The lowest BCUT2D eigenvalue weighted by molar-refractivity contribution is -0.120. The maximum absolute atomic E-state index is 13.9. The number of nitrogens with zero attached hydrogens (tertiary/aromatic N) is 4. The zero-order chi connectivity index (χ0) is 29.6. The molecule has 0 saturated heterocycles. The van der Waals surface area contributed by atoms with Gasteiger partial charge in [0.1, 0.15) is 11.9 Å². The molecule has 1 unspecified atom stereocenters. The highest BCUT2D eigenvalue weighted by atomic mass is 35.5. The molecule has 10 heteroatoms. The van der Waals surface area contributed by atoms with E-state index in [1.165, 1.54) is 4.90 Å². The number of amides is 3. The molecule has 0 spiro atoms. The third-order valence-electron chi connectivity index (χ3n) is 7.67. The minimum Gasteiger partial charge on any atom is -0.323 e. The molecule has 4 heterocycles. The maximum Gasteiger partial charge on any atom is 0.261 e. The first-order valence-electron chi connectivity index (χ1n) is 13.5. The van der Waals surface area contributed by atoms with Crippen molar-refractivity contribution in [3.63, 3.8) is 0 Å². The molecule has 212 valence electrons. The molecule has 2 aliphatic rings. The van der Waals surface area contributed by atoms with E-state index in [4.69, 9.17) is 23.2 Å². The van der Waals surface area contributed by atoms with E-state index in [9.17, 15) is 14.4 Å². The van der Waals surface area contributed by atoms with Crippen LogP contribution in [0.4, 0.5) is 11.5 Å². The molecular weight excluding hydrogens is 573 g/mol. The first kappa shape index (κ1) is 27.9. The second-order valence-electron chi connectivity index (χ2n) is 11.1. The Balaban J connectivity index is 1.33. The third kappa shape index (κ3) is 5.12. The summed E-state index contributed by atoms with van der Waals surface area (Å²) < 4.78 is 0. The first-order chi connectivity index (χ1) is 20.1. The number of carbonyl (C=O) groups excluding carboxylic acids is 3. The van der Waals surface area contributed by atoms with Crippen LogP contribution in [0.25, 0.3) is 0 Å². The predicted octanol–water partition coefficient (Wildman–Crippen LogP) is 5.97. The van der Waals surface area contributed by atoms with Gasteiger partial charge >= 0.3 is 0 Å². The fourth-order valence-corrected chi connectivity index (χ4v) is 6.14. The van der Waals surface area contributed by atoms with E-state index in [-0.39, 0.29) is 35.7 Å². The van der Waals surface area contributed by atoms with E-state index in [0.29, 0.717) is 45.3 Å². The molecule has 4 aromatic rings. The molecule has 8 nitrogen and oxygen atoms in total. The highest BCUT2D eigenvalue weighted by Gasteiger charge is 2.42. The summed E-state index contributed by atoms with van der Waals surface area (Å²) in [7, 11) is 0. The Bertz CT molecular complexity index is 1730. The van der Waals surface area contributed by atoms with E-state index < -0.39 is 11.6 Å². The van der Waals surface area contributed by atoms with Crippen LogP contribution in [-0.2, 0) is 24.2 Å². The average Bonchev–Trinajstić information content (AvgIpc) is 3.19. The minimum absolute atomic E-state index is 0.0829. The van der Waals surface area contributed by atoms with Crippen molar-refractivity contribution in [3.8, 4) is 0 Å². The standard InChI is InChI=1S/C32H27Cl2N5O3/c1-32(2)17-20-6-5-13-36-28(20)39(32)31(42)23-10-8-19(14-25(23)34)18-38-27(16-22-7-3-4-12-35-22)29(40)37-26-15-21(33)9-11-24(26)30(38)41/h3-15,27H,16-18H2,1-2H3,(H,37,40). The Morgan fingerprint density at radius 3 is 2.57 bits per heavy atom. The SMILES string of the molecule is CC1(C)Cc2cccnc2N1C(=O)c1ccc(CN2C(=O)c3ccc(Cl)cc3NC(=O)C2Cc2ccccn2)cc1Cl. The number of rotatable bonds is 5. The van der Waals surface area contributed by atoms with Crippen molar-refractivity contribution < 1.29 is 14.4 Å². The van der Waals surface area contributed by atoms with Crippen molar-refractivity contribution in [2.24, 2.45) is 0 Å². The fourth-order valence-electron chi connectivity index (χ4n) is 5.68. The van der Waals surface area contributed by atoms with E-state index in [2.05, 4.69) is 15.3 Å². The van der Waals surface area contributed by atoms with Crippen LogP contribution in [0.2, 0.25) is 10.0 Å². The maximum atomic E-state index is 13.9. The van der Waals surface area contributed by atoms with Crippen LogP contribution < -0.4 is 10.2 Å². The van der Waals surface area contributed by atoms with Gasteiger partial charge < -0.3 is 10.2 Å². The molecule has 0 saturated carbocycles. The number of fused-ring (bicyclic) bond motifs is 2. The Hall–Kier alpha value is -4.27. The van der Waals surface area contributed by atoms with Crippen LogP contribution in [-0.4, -0.2) is 44.2 Å². The number of pyridine rings is 2. The van der Waals surface area contributed by atoms with Gasteiger partial charge in [-0.05, 0) is 79.9 Å². The number of hydrogen-bond donors (Lipinski definition) is 1. The van der Waals surface area contributed by atoms with Crippen LogP contribution in [0.3, 0.4) is 0 Å². The largest absolute Gasteiger partial charge is 0.323 e. The number of benzene rings is 2. The number of carbonyl (C=O) groups is 3. The number of nitrogens with one attached hydrogen (secondary N) is 1. The smallest absolute Gasteiger partial charge is 0.261 e. The molecule has 42 heavy (non-hydrogen) atoms. The Labute approximate surface area is 253 Å². The third-order valence-corrected chi connectivity index (χ3v) is 8.21. The Morgan fingerprint density at radius 1 is 1.00 bits per heavy atom. The van der Waals surface area contributed by atoms with Gasteiger partial charge in [0.2, 0.25) is 5.91 Å². The molecule has 0 fully saturated rings. The van der Waals surface area contributed by atoms with Gasteiger partial charge in [-0.3, -0.25) is 24.3 Å². The normalized spacial score (nSPS) is 17.4. The summed E-state index contributed by atoms with van der Waals surface area (Å²) in [5, 5.41) is 3.52. The topological polar surface area (TPSA) is 95.5 Å². The molecule has 2 aromatic carbocycles. The summed E-state index contributed by atoms with van der Waals surface area (Å²) in [6, 6.07) is 18.3. The molecule has 2 aromatic heterocycles. The first-order valence-corrected chi connectivity index (χ1v) is 14.3. The van der Waals surface area contributed by atoms with Crippen molar-refractivity contribution in [2.45, 2.75) is 44.8 Å². The van der Waals surface area contributed by atoms with E-state index >= 15 is 0 Å². The van der Waals surface area contributed by atoms with E-state index in [0.717, 1.165) is 5.56 Å². The predicted molar refractivity (Wildman–Crippen MR) is 162 cm³/mol. The molecule has 2 aliphatic heterocycles. The van der Waals surface area contributed by atoms with Gasteiger partial charge in [-0.25, -0.2) is 4.98 Å². The Morgan fingerprint density at radius 2 is 1.81 bits per heavy atom. The molecule has 6 rings (SSSR count). The number of halogens is 2. The number of anilines is 2. The summed E-state index contributed by atoms with van der Waals surface area (Å²) in [5.41, 5.74) is 2.87. The van der Waals surface area contributed by atoms with Gasteiger partial charge in [0.25, 0.3) is 11.8 Å². The van der Waals surface area contributed by atoms with Crippen LogP contribution >= 0.6 is 23.2 Å². The molecule has 0 bridgehead atoms. The summed E-state index contributed by atoms with van der Waals surface area (Å²) in [4.78, 5) is 53.2. The molecule has 3 amide bonds. The molecule has 0 aliphatic carbocycles. The van der Waals surface area contributed by atoms with Crippen molar-refractivity contribution in [3.05, 3.63) is 117 Å². The van der Waals surface area contributed by atoms with Gasteiger partial charge in [0.15, 0.2) is 0 Å². The minimum atomic E-state index is -0.855. The van der Waals surface area contributed by atoms with Gasteiger partial charge in [0.05, 0.1) is 21.8 Å². The van der Waals surface area contributed by atoms with Crippen molar-refractivity contribution in [2.75, 3.05) is 10.2 Å². The zero-order valence-corrected chi connectivity index (χ0v) is 24.5. The second-order valence-corrected chi connectivity index (χ2v) is 11.9. The lowest BCUT2D eigenvalue weighted by Gasteiger charge is -2.32. The summed E-state index contributed by atoms with van der Waals surface area (Å²) in [5.74, 6) is -0.308. The summed E-state index contributed by atoms with van der Waals surface area (Å²) in [6.45, 7) is 4.08. The zero-order valence-electron chi connectivity index (χ0n) is 23.0. The average molecular weight is 601 g/mol. The lowest BCUT2D eigenvalue weighted by Crippen LogP contribution is -2.46. The van der Waals surface area contributed by atoms with Crippen molar-refractivity contribution in [1.82, 2.24) is 14.9 Å². The lowest BCUT2D eigenvalue weighted by atomic mass is 9.98. The van der Waals surface area contributed by atoms with Gasteiger partial charge in [-0.15, -0.1) is 0 Å². The van der Waals surface area contributed by atoms with Crippen molar-refractivity contribution in [1.29, 1.82) is 0 Å². The van der Waals surface area contributed by atoms with E-state index in [1.54, 1.807) is 59.8 Å². The van der Waals surface area contributed by atoms with Crippen molar-refractivity contribution >= 4 is 52.4 Å². The molecule has 1 N–H and O–H groups in total.